The van der Waals surface area contributed by atoms with E-state index in [1.165, 1.54) is 6.42 Å². The Balaban J connectivity index is 1.86. The van der Waals surface area contributed by atoms with Crippen molar-refractivity contribution in [3.05, 3.63) is 34.9 Å². The van der Waals surface area contributed by atoms with E-state index in [9.17, 15) is 4.79 Å². The largest absolute Gasteiger partial charge is 0.342 e. The van der Waals surface area contributed by atoms with Crippen LogP contribution in [0.4, 0.5) is 0 Å². The maximum Gasteiger partial charge on any atom is 0.222 e. The molecule has 0 saturated carbocycles. The van der Waals surface area contributed by atoms with E-state index in [0.29, 0.717) is 12.3 Å². The molecule has 1 unspecified atom stereocenters. The first-order chi connectivity index (χ1) is 8.66. The van der Waals surface area contributed by atoms with Gasteiger partial charge in [0.15, 0.2) is 0 Å². The van der Waals surface area contributed by atoms with Crippen molar-refractivity contribution in [1.82, 2.24) is 4.90 Å². The van der Waals surface area contributed by atoms with Gasteiger partial charge in [-0.2, -0.15) is 0 Å². The molecular formula is C15H20ClNO. The van der Waals surface area contributed by atoms with Crippen molar-refractivity contribution in [2.24, 2.45) is 5.92 Å². The van der Waals surface area contributed by atoms with Crippen LogP contribution in [0.25, 0.3) is 0 Å². The Bertz CT molecular complexity index is 419. The third kappa shape index (κ3) is 3.49. The highest BCUT2D eigenvalue weighted by Gasteiger charge is 2.20. The SMILES string of the molecule is CC1CCCN(C(=O)CCc2ccccc2Cl)C1. The zero-order valence-electron chi connectivity index (χ0n) is 10.9. The Labute approximate surface area is 114 Å². The molecule has 2 nitrogen and oxygen atoms in total. The molecular weight excluding hydrogens is 246 g/mol. The number of likely N-dealkylation sites (tertiary alicyclic amines) is 1. The number of carbonyl (C=O) groups is 1. The van der Waals surface area contributed by atoms with Crippen LogP contribution in [-0.2, 0) is 11.2 Å². The number of aryl methyl sites for hydroxylation is 1. The number of benzene rings is 1. The van der Waals surface area contributed by atoms with E-state index in [1.807, 2.05) is 29.2 Å². The highest BCUT2D eigenvalue weighted by atomic mass is 35.5. The van der Waals surface area contributed by atoms with E-state index in [1.54, 1.807) is 0 Å². The third-order valence-electron chi connectivity index (χ3n) is 3.58. The zero-order chi connectivity index (χ0) is 13.0. The number of hydrogen-bond donors (Lipinski definition) is 0. The van der Waals surface area contributed by atoms with Crippen LogP contribution in [0.2, 0.25) is 5.02 Å². The molecule has 0 aromatic heterocycles. The summed E-state index contributed by atoms with van der Waals surface area (Å²) < 4.78 is 0. The van der Waals surface area contributed by atoms with Gasteiger partial charge in [0.2, 0.25) is 5.91 Å². The van der Waals surface area contributed by atoms with Gasteiger partial charge in [-0.15, -0.1) is 0 Å². The lowest BCUT2D eigenvalue weighted by molar-refractivity contribution is -0.132. The number of piperidine rings is 1. The molecule has 98 valence electrons. The summed E-state index contributed by atoms with van der Waals surface area (Å²) in [7, 11) is 0. The van der Waals surface area contributed by atoms with Crippen molar-refractivity contribution >= 4 is 17.5 Å². The van der Waals surface area contributed by atoms with Gasteiger partial charge < -0.3 is 4.90 Å². The van der Waals surface area contributed by atoms with Crippen molar-refractivity contribution < 1.29 is 4.79 Å². The fourth-order valence-electron chi connectivity index (χ4n) is 2.52. The van der Waals surface area contributed by atoms with Gasteiger partial charge in [0.05, 0.1) is 0 Å². The van der Waals surface area contributed by atoms with E-state index < -0.39 is 0 Å². The second-order valence-corrected chi connectivity index (χ2v) is 5.59. The van der Waals surface area contributed by atoms with Crippen LogP contribution in [0.15, 0.2) is 24.3 Å². The van der Waals surface area contributed by atoms with Gasteiger partial charge in [0.25, 0.3) is 0 Å². The van der Waals surface area contributed by atoms with E-state index in [0.717, 1.165) is 36.5 Å². The van der Waals surface area contributed by atoms with Gasteiger partial charge in [-0.25, -0.2) is 0 Å². The summed E-state index contributed by atoms with van der Waals surface area (Å²) in [5.41, 5.74) is 1.07. The monoisotopic (exact) mass is 265 g/mol. The number of nitrogens with zero attached hydrogens (tertiary/aromatic N) is 1. The molecule has 1 aliphatic rings. The van der Waals surface area contributed by atoms with E-state index >= 15 is 0 Å². The van der Waals surface area contributed by atoms with Crippen molar-refractivity contribution in [3.63, 3.8) is 0 Å². The first-order valence-electron chi connectivity index (χ1n) is 6.68. The van der Waals surface area contributed by atoms with Gasteiger partial charge in [-0.1, -0.05) is 36.7 Å². The number of amides is 1. The van der Waals surface area contributed by atoms with E-state index in [-0.39, 0.29) is 5.91 Å². The number of halogens is 1. The lowest BCUT2D eigenvalue weighted by Gasteiger charge is -2.31. The molecule has 1 amide bonds. The molecule has 1 aliphatic heterocycles. The Hall–Kier alpha value is -1.02. The summed E-state index contributed by atoms with van der Waals surface area (Å²) in [6.45, 7) is 4.06. The summed E-state index contributed by atoms with van der Waals surface area (Å²) in [4.78, 5) is 14.1. The summed E-state index contributed by atoms with van der Waals surface area (Å²) in [5, 5.41) is 0.761. The number of rotatable bonds is 3. The molecule has 1 saturated heterocycles. The van der Waals surface area contributed by atoms with Crippen LogP contribution in [0.1, 0.15) is 31.7 Å². The first kappa shape index (κ1) is 13.4. The molecule has 1 heterocycles. The van der Waals surface area contributed by atoms with Crippen LogP contribution in [-0.4, -0.2) is 23.9 Å². The summed E-state index contributed by atoms with van der Waals surface area (Å²) in [6, 6.07) is 7.76. The predicted octanol–water partition coefficient (Wildman–Crippen LogP) is 3.53. The van der Waals surface area contributed by atoms with Crippen LogP contribution in [0, 0.1) is 5.92 Å². The van der Waals surface area contributed by atoms with Crippen molar-refractivity contribution in [2.45, 2.75) is 32.6 Å². The molecule has 18 heavy (non-hydrogen) atoms. The average Bonchev–Trinajstić information content (AvgIpc) is 2.37. The molecule has 1 atom stereocenters. The average molecular weight is 266 g/mol. The van der Waals surface area contributed by atoms with Gasteiger partial charge in [-0.3, -0.25) is 4.79 Å². The Morgan fingerprint density at radius 1 is 1.44 bits per heavy atom. The quantitative estimate of drug-likeness (QED) is 0.819. The fraction of sp³-hybridized carbons (Fsp3) is 0.533. The number of carbonyl (C=O) groups excluding carboxylic acids is 1. The molecule has 3 heteroatoms. The highest BCUT2D eigenvalue weighted by molar-refractivity contribution is 6.31. The van der Waals surface area contributed by atoms with Crippen molar-refractivity contribution in [1.29, 1.82) is 0 Å². The van der Waals surface area contributed by atoms with Crippen LogP contribution < -0.4 is 0 Å². The van der Waals surface area contributed by atoms with Crippen molar-refractivity contribution in [2.75, 3.05) is 13.1 Å². The molecule has 0 radical (unpaired) electrons. The maximum atomic E-state index is 12.1. The minimum atomic E-state index is 0.265. The minimum absolute atomic E-state index is 0.265. The molecule has 1 aromatic rings. The summed E-state index contributed by atoms with van der Waals surface area (Å²) >= 11 is 6.09. The maximum absolute atomic E-state index is 12.1. The van der Waals surface area contributed by atoms with Gasteiger partial charge >= 0.3 is 0 Å². The lowest BCUT2D eigenvalue weighted by Crippen LogP contribution is -2.39. The molecule has 1 aromatic carbocycles. The zero-order valence-corrected chi connectivity index (χ0v) is 11.6. The second-order valence-electron chi connectivity index (χ2n) is 5.18. The molecule has 0 N–H and O–H groups in total. The van der Waals surface area contributed by atoms with Gasteiger partial charge in [0.1, 0.15) is 0 Å². The van der Waals surface area contributed by atoms with Gasteiger partial charge in [0, 0.05) is 24.5 Å². The molecule has 1 fully saturated rings. The Morgan fingerprint density at radius 3 is 2.94 bits per heavy atom. The van der Waals surface area contributed by atoms with Crippen LogP contribution in [0.5, 0.6) is 0 Å². The molecule has 0 bridgehead atoms. The summed E-state index contributed by atoms with van der Waals surface area (Å²) in [6.07, 6.45) is 3.69. The van der Waals surface area contributed by atoms with E-state index in [2.05, 4.69) is 6.92 Å². The first-order valence-corrected chi connectivity index (χ1v) is 7.06. The molecule has 0 spiro atoms. The highest BCUT2D eigenvalue weighted by Crippen LogP contribution is 2.19. The molecule has 2 rings (SSSR count). The second kappa shape index (κ2) is 6.24. The van der Waals surface area contributed by atoms with Crippen LogP contribution >= 0.6 is 11.6 Å². The number of hydrogen-bond acceptors (Lipinski definition) is 1. The van der Waals surface area contributed by atoms with E-state index in [4.69, 9.17) is 11.6 Å². The lowest BCUT2D eigenvalue weighted by atomic mass is 9.99. The normalized spacial score (nSPS) is 19.9. The fourth-order valence-corrected chi connectivity index (χ4v) is 2.75. The predicted molar refractivity (Wildman–Crippen MR) is 74.8 cm³/mol. The Kier molecular flexibility index (Phi) is 4.65. The van der Waals surface area contributed by atoms with Crippen molar-refractivity contribution in [3.8, 4) is 0 Å². The van der Waals surface area contributed by atoms with Gasteiger partial charge in [-0.05, 0) is 36.8 Å². The standard InChI is InChI=1S/C15H20ClNO/c1-12-5-4-10-17(11-12)15(18)9-8-13-6-2-3-7-14(13)16/h2-3,6-7,12H,4-5,8-11H2,1H3. The topological polar surface area (TPSA) is 20.3 Å². The smallest absolute Gasteiger partial charge is 0.222 e. The van der Waals surface area contributed by atoms with Crippen LogP contribution in [0.3, 0.4) is 0 Å². The third-order valence-corrected chi connectivity index (χ3v) is 3.94. The Morgan fingerprint density at radius 2 is 2.22 bits per heavy atom. The summed E-state index contributed by atoms with van der Waals surface area (Å²) in [5.74, 6) is 0.907. The minimum Gasteiger partial charge on any atom is -0.342 e. The molecule has 0 aliphatic carbocycles.